The molecule has 0 aromatic rings. The summed E-state index contributed by atoms with van der Waals surface area (Å²) < 4.78 is 20.5. The van der Waals surface area contributed by atoms with E-state index in [1.807, 2.05) is 0 Å². The van der Waals surface area contributed by atoms with Gasteiger partial charge >= 0.3 is 0 Å². The van der Waals surface area contributed by atoms with Crippen molar-refractivity contribution in [2.45, 2.75) is 69.4 Å². The molecule has 6 N–H and O–H groups in total. The number of ether oxygens (including phenoxy) is 1. The number of alkyl halides is 1. The number of nitrogens with zero attached hydrogens (tertiary/aromatic N) is 2. The van der Waals surface area contributed by atoms with Crippen LogP contribution in [0.1, 0.15) is 44.9 Å². The lowest BCUT2D eigenvalue weighted by molar-refractivity contribution is -0.116. The number of hydrogen-bond donors (Lipinski definition) is 5. The van der Waals surface area contributed by atoms with Gasteiger partial charge in [-0.15, -0.1) is 0 Å². The first-order valence-electron chi connectivity index (χ1n) is 13.5. The first kappa shape index (κ1) is 25.2. The largest absolute Gasteiger partial charge is 0.383 e. The summed E-state index contributed by atoms with van der Waals surface area (Å²) in [6, 6.07) is -0.290. The minimum absolute atomic E-state index is 0.134. The van der Waals surface area contributed by atoms with E-state index in [-0.39, 0.29) is 29.9 Å². The molecule has 1 amide bonds. The molecule has 5 rings (SSSR count). The van der Waals surface area contributed by atoms with Gasteiger partial charge in [-0.25, -0.2) is 4.39 Å². The first-order chi connectivity index (χ1) is 17.5. The maximum Gasteiger partial charge on any atom is 0.261 e. The van der Waals surface area contributed by atoms with Gasteiger partial charge in [-0.2, -0.15) is 0 Å². The third-order valence-corrected chi connectivity index (χ3v) is 7.95. The van der Waals surface area contributed by atoms with Crippen molar-refractivity contribution in [1.29, 1.82) is 0 Å². The predicted molar refractivity (Wildman–Crippen MR) is 138 cm³/mol. The SMILES string of the molecule is C=C1C2=C(C(=O)NC3=C(N4CCC(OC5CCNCC5)CC4)CCNC3)C(N)=NC1CCC(F)CN2. The molecule has 0 saturated carbocycles. The van der Waals surface area contributed by atoms with Crippen molar-refractivity contribution >= 4 is 11.7 Å². The Kier molecular flexibility index (Phi) is 7.93. The lowest BCUT2D eigenvalue weighted by atomic mass is 9.91. The second-order valence-corrected chi connectivity index (χ2v) is 10.4. The summed E-state index contributed by atoms with van der Waals surface area (Å²) in [4.78, 5) is 20.4. The fourth-order valence-electron chi connectivity index (χ4n) is 5.89. The van der Waals surface area contributed by atoms with Crippen molar-refractivity contribution in [2.75, 3.05) is 45.8 Å². The number of likely N-dealkylation sites (tertiary alicyclic amines) is 1. The number of piperidine rings is 2. The van der Waals surface area contributed by atoms with Crippen LogP contribution >= 0.6 is 0 Å². The van der Waals surface area contributed by atoms with E-state index in [1.54, 1.807) is 0 Å². The average Bonchev–Trinajstić information content (AvgIpc) is 2.89. The molecule has 2 atom stereocenters. The summed E-state index contributed by atoms with van der Waals surface area (Å²) in [5.74, 6) is -0.138. The van der Waals surface area contributed by atoms with Crippen LogP contribution in [0.15, 0.2) is 39.8 Å². The van der Waals surface area contributed by atoms with Gasteiger partial charge in [0, 0.05) is 44.8 Å². The van der Waals surface area contributed by atoms with E-state index in [2.05, 4.69) is 37.7 Å². The second-order valence-electron chi connectivity index (χ2n) is 10.4. The number of aliphatic imine (C=N–C) groups is 1. The number of carbonyl (C=O) groups excluding carboxylic acids is 1. The molecular weight excluding hydrogens is 461 g/mol. The van der Waals surface area contributed by atoms with Gasteiger partial charge in [-0.1, -0.05) is 6.58 Å². The maximum atomic E-state index is 14.1. The number of nitrogens with two attached hydrogens (primary N) is 1. The van der Waals surface area contributed by atoms with Crippen molar-refractivity contribution in [3.8, 4) is 0 Å². The lowest BCUT2D eigenvalue weighted by Gasteiger charge is -2.39. The molecule has 0 aromatic heterocycles. The molecule has 0 aliphatic carbocycles. The van der Waals surface area contributed by atoms with Crippen LogP contribution in [0, 0.1) is 0 Å². The van der Waals surface area contributed by atoms with E-state index < -0.39 is 6.17 Å². The molecule has 3 fully saturated rings. The standard InChI is InChI=1S/C26H40FN7O2/c1-16-20-3-2-17(27)14-31-24(16)23(25(28)32-20)26(35)33-21-15-30-11-6-22(21)34-12-7-19(8-13-34)36-18-4-9-29-10-5-18/h17-20,29-31H,1-15H2,(H2,28,32)(H,33,35). The Morgan fingerprint density at radius 2 is 1.83 bits per heavy atom. The van der Waals surface area contributed by atoms with Crippen LogP contribution in [0.5, 0.6) is 0 Å². The van der Waals surface area contributed by atoms with Gasteiger partial charge in [0.2, 0.25) is 0 Å². The Balaban J connectivity index is 1.27. The molecule has 198 valence electrons. The third kappa shape index (κ3) is 5.60. The van der Waals surface area contributed by atoms with E-state index >= 15 is 0 Å². The molecular formula is C26H40FN7O2. The number of amidine groups is 1. The molecule has 9 nitrogen and oxygen atoms in total. The summed E-state index contributed by atoms with van der Waals surface area (Å²) in [5.41, 5.74) is 9.78. The molecule has 0 spiro atoms. The minimum atomic E-state index is -0.993. The van der Waals surface area contributed by atoms with Gasteiger partial charge in [0.15, 0.2) is 0 Å². The predicted octanol–water partition coefficient (Wildman–Crippen LogP) is 0.812. The third-order valence-electron chi connectivity index (χ3n) is 7.95. The molecule has 2 unspecified atom stereocenters. The van der Waals surface area contributed by atoms with E-state index in [0.29, 0.717) is 42.9 Å². The Bertz CT molecular complexity index is 948. The number of hydrogen-bond acceptors (Lipinski definition) is 8. The summed E-state index contributed by atoms with van der Waals surface area (Å²) in [6.45, 7) is 9.64. The topological polar surface area (TPSA) is 116 Å². The van der Waals surface area contributed by atoms with Gasteiger partial charge in [-0.05, 0) is 57.2 Å². The van der Waals surface area contributed by atoms with E-state index in [0.717, 1.165) is 70.5 Å². The molecule has 36 heavy (non-hydrogen) atoms. The van der Waals surface area contributed by atoms with Gasteiger partial charge in [0.05, 0.1) is 29.6 Å². The Morgan fingerprint density at radius 3 is 2.61 bits per heavy atom. The highest BCUT2D eigenvalue weighted by molar-refractivity contribution is 6.22. The average molecular weight is 502 g/mol. The zero-order valence-corrected chi connectivity index (χ0v) is 21.1. The molecule has 2 bridgehead atoms. The normalized spacial score (nSPS) is 28.9. The Hall–Kier alpha value is -2.43. The molecule has 0 aromatic carbocycles. The van der Waals surface area contributed by atoms with Crippen LogP contribution in [0.4, 0.5) is 4.39 Å². The number of halogens is 1. The smallest absolute Gasteiger partial charge is 0.261 e. The molecule has 10 heteroatoms. The van der Waals surface area contributed by atoms with Gasteiger partial charge < -0.3 is 36.6 Å². The number of fused-ring (bicyclic) bond motifs is 2. The number of carbonyl (C=O) groups is 1. The fraction of sp³-hybridized carbons (Fsp3) is 0.692. The summed E-state index contributed by atoms with van der Waals surface area (Å²) in [5, 5.41) is 13.0. The summed E-state index contributed by atoms with van der Waals surface area (Å²) in [7, 11) is 0. The zero-order valence-electron chi connectivity index (χ0n) is 21.1. The number of amides is 1. The van der Waals surface area contributed by atoms with Crippen LogP contribution < -0.4 is 27.0 Å². The minimum Gasteiger partial charge on any atom is -0.383 e. The van der Waals surface area contributed by atoms with Crippen LogP contribution in [0.2, 0.25) is 0 Å². The quantitative estimate of drug-likeness (QED) is 0.379. The highest BCUT2D eigenvalue weighted by atomic mass is 19.1. The van der Waals surface area contributed by atoms with Crippen LogP contribution in [0.3, 0.4) is 0 Å². The van der Waals surface area contributed by atoms with E-state index in [9.17, 15) is 9.18 Å². The second kappa shape index (κ2) is 11.3. The van der Waals surface area contributed by atoms with E-state index in [4.69, 9.17) is 10.5 Å². The Labute approximate surface area is 212 Å². The first-order valence-corrected chi connectivity index (χ1v) is 13.5. The lowest BCUT2D eigenvalue weighted by Crippen LogP contribution is -2.46. The van der Waals surface area contributed by atoms with Gasteiger partial charge in [0.25, 0.3) is 5.91 Å². The van der Waals surface area contributed by atoms with Crippen molar-refractivity contribution in [3.63, 3.8) is 0 Å². The Morgan fingerprint density at radius 1 is 1.08 bits per heavy atom. The highest BCUT2D eigenvalue weighted by Gasteiger charge is 2.34. The number of rotatable bonds is 5. The van der Waals surface area contributed by atoms with Crippen molar-refractivity contribution in [3.05, 3.63) is 34.8 Å². The van der Waals surface area contributed by atoms with Crippen LogP contribution in [0.25, 0.3) is 0 Å². The molecule has 3 saturated heterocycles. The van der Waals surface area contributed by atoms with E-state index in [1.165, 1.54) is 5.70 Å². The fourth-order valence-corrected chi connectivity index (χ4v) is 5.89. The molecule has 0 radical (unpaired) electrons. The maximum absolute atomic E-state index is 14.1. The molecule has 5 aliphatic heterocycles. The van der Waals surface area contributed by atoms with Crippen molar-refractivity contribution < 1.29 is 13.9 Å². The molecule has 5 heterocycles. The summed E-state index contributed by atoms with van der Waals surface area (Å²) >= 11 is 0. The van der Waals surface area contributed by atoms with Crippen molar-refractivity contribution in [1.82, 2.24) is 26.2 Å². The van der Waals surface area contributed by atoms with Crippen LogP contribution in [-0.2, 0) is 9.53 Å². The van der Waals surface area contributed by atoms with Gasteiger partial charge in [-0.3, -0.25) is 9.79 Å². The molecule has 5 aliphatic rings. The summed E-state index contributed by atoms with van der Waals surface area (Å²) in [6.07, 6.45) is 5.63. The number of nitrogens with one attached hydrogen (secondary N) is 4. The highest BCUT2D eigenvalue weighted by Crippen LogP contribution is 2.29. The van der Waals surface area contributed by atoms with Crippen LogP contribution in [-0.4, -0.2) is 86.9 Å². The number of dihydropyridines is 1. The van der Waals surface area contributed by atoms with Gasteiger partial charge in [0.1, 0.15) is 17.6 Å². The monoisotopic (exact) mass is 501 g/mol. The van der Waals surface area contributed by atoms with Crippen molar-refractivity contribution in [2.24, 2.45) is 10.7 Å². The zero-order chi connectivity index (χ0) is 25.1.